The van der Waals surface area contributed by atoms with Crippen molar-refractivity contribution >= 4 is 0 Å². The summed E-state index contributed by atoms with van der Waals surface area (Å²) in [6, 6.07) is 12.4. The summed E-state index contributed by atoms with van der Waals surface area (Å²) >= 11 is 0. The summed E-state index contributed by atoms with van der Waals surface area (Å²) in [6.45, 7) is 7.60. The largest absolute Gasteiger partial charge is 0.380 e. The molecule has 0 amide bonds. The Kier molecular flexibility index (Phi) is 3.97. The minimum absolute atomic E-state index is 0.377. The zero-order chi connectivity index (χ0) is 15.0. The summed E-state index contributed by atoms with van der Waals surface area (Å²) in [4.78, 5) is 2.73. The van der Waals surface area contributed by atoms with E-state index in [9.17, 15) is 0 Å². The van der Waals surface area contributed by atoms with Crippen LogP contribution in [0.5, 0.6) is 0 Å². The quantitative estimate of drug-likeness (QED) is 0.874. The number of likely N-dealkylation sites (tertiary alicyclic amines) is 1. The van der Waals surface area contributed by atoms with Crippen molar-refractivity contribution in [3.05, 3.63) is 35.9 Å². The standard InChI is InChI=1S/C19H28N2O/c1-19(13-22-14-19)12-20-17-9-18(16-7-8-16)21(11-17)10-15-5-3-2-4-6-15/h2-6,16-18,20H,7-14H2,1H3. The van der Waals surface area contributed by atoms with Crippen molar-refractivity contribution in [1.82, 2.24) is 10.2 Å². The molecular formula is C19H28N2O. The summed E-state index contributed by atoms with van der Waals surface area (Å²) in [5.74, 6) is 0.957. The van der Waals surface area contributed by atoms with Gasteiger partial charge in [-0.1, -0.05) is 37.3 Å². The molecule has 1 aromatic rings. The van der Waals surface area contributed by atoms with E-state index < -0.39 is 0 Å². The Bertz CT molecular complexity index is 495. The van der Waals surface area contributed by atoms with Gasteiger partial charge in [-0.05, 0) is 30.7 Å². The predicted molar refractivity (Wildman–Crippen MR) is 88.7 cm³/mol. The van der Waals surface area contributed by atoms with Crippen LogP contribution in [0.15, 0.2) is 30.3 Å². The molecule has 0 aromatic heterocycles. The zero-order valence-electron chi connectivity index (χ0n) is 13.6. The Balaban J connectivity index is 1.35. The van der Waals surface area contributed by atoms with Crippen molar-refractivity contribution in [3.8, 4) is 0 Å². The van der Waals surface area contributed by atoms with Gasteiger partial charge in [0.05, 0.1) is 13.2 Å². The van der Waals surface area contributed by atoms with Crippen LogP contribution in [0.4, 0.5) is 0 Å². The molecule has 3 heteroatoms. The molecule has 2 atom stereocenters. The monoisotopic (exact) mass is 300 g/mol. The summed E-state index contributed by atoms with van der Waals surface area (Å²) in [7, 11) is 0. The molecule has 2 aliphatic heterocycles. The van der Waals surface area contributed by atoms with Crippen LogP contribution >= 0.6 is 0 Å². The molecular weight excluding hydrogens is 272 g/mol. The van der Waals surface area contributed by atoms with Gasteiger partial charge in [-0.15, -0.1) is 0 Å². The van der Waals surface area contributed by atoms with Crippen LogP contribution in [-0.2, 0) is 11.3 Å². The first-order valence-corrected chi connectivity index (χ1v) is 8.81. The number of hydrogen-bond acceptors (Lipinski definition) is 3. The number of ether oxygens (including phenoxy) is 1. The van der Waals surface area contributed by atoms with E-state index in [4.69, 9.17) is 4.74 Å². The van der Waals surface area contributed by atoms with E-state index in [2.05, 4.69) is 47.5 Å². The fraction of sp³-hybridized carbons (Fsp3) is 0.684. The minimum atomic E-state index is 0.377. The average Bonchev–Trinajstić information content (AvgIpc) is 3.27. The van der Waals surface area contributed by atoms with Crippen LogP contribution in [0.3, 0.4) is 0 Å². The first-order valence-electron chi connectivity index (χ1n) is 8.81. The zero-order valence-corrected chi connectivity index (χ0v) is 13.6. The van der Waals surface area contributed by atoms with Gasteiger partial charge in [0.25, 0.3) is 0 Å². The molecule has 1 aliphatic carbocycles. The molecule has 2 unspecified atom stereocenters. The fourth-order valence-corrected chi connectivity index (χ4v) is 4.00. The molecule has 0 spiro atoms. The summed E-state index contributed by atoms with van der Waals surface area (Å²) < 4.78 is 5.37. The molecule has 2 heterocycles. The van der Waals surface area contributed by atoms with Gasteiger partial charge < -0.3 is 10.1 Å². The second-order valence-electron chi connectivity index (χ2n) is 7.94. The molecule has 2 saturated heterocycles. The van der Waals surface area contributed by atoms with Crippen LogP contribution in [-0.4, -0.2) is 43.3 Å². The van der Waals surface area contributed by atoms with Gasteiger partial charge in [0.2, 0.25) is 0 Å². The Morgan fingerprint density at radius 3 is 2.64 bits per heavy atom. The van der Waals surface area contributed by atoms with Gasteiger partial charge in [0.1, 0.15) is 0 Å². The lowest BCUT2D eigenvalue weighted by Crippen LogP contribution is -2.50. The molecule has 1 aromatic carbocycles. The Morgan fingerprint density at radius 2 is 2.00 bits per heavy atom. The van der Waals surface area contributed by atoms with Crippen LogP contribution < -0.4 is 5.32 Å². The highest BCUT2D eigenvalue weighted by Gasteiger charge is 2.42. The smallest absolute Gasteiger partial charge is 0.0554 e. The van der Waals surface area contributed by atoms with Crippen LogP contribution in [0.2, 0.25) is 0 Å². The lowest BCUT2D eigenvalue weighted by atomic mass is 9.88. The number of hydrogen-bond donors (Lipinski definition) is 1. The molecule has 3 nitrogen and oxygen atoms in total. The SMILES string of the molecule is CC1(CNC2CC(C3CC3)N(Cc3ccccc3)C2)COC1. The molecule has 4 rings (SSSR count). The molecule has 3 fully saturated rings. The summed E-state index contributed by atoms with van der Waals surface area (Å²) in [5.41, 5.74) is 1.83. The Morgan fingerprint density at radius 1 is 1.23 bits per heavy atom. The van der Waals surface area contributed by atoms with Crippen molar-refractivity contribution in [3.63, 3.8) is 0 Å². The Labute approximate surface area is 134 Å². The maximum absolute atomic E-state index is 5.37. The van der Waals surface area contributed by atoms with Gasteiger partial charge in [-0.2, -0.15) is 0 Å². The number of nitrogens with zero attached hydrogens (tertiary/aromatic N) is 1. The van der Waals surface area contributed by atoms with Crippen molar-refractivity contribution < 1.29 is 4.74 Å². The molecule has 22 heavy (non-hydrogen) atoms. The fourth-order valence-electron chi connectivity index (χ4n) is 4.00. The molecule has 1 saturated carbocycles. The van der Waals surface area contributed by atoms with Gasteiger partial charge in [-0.3, -0.25) is 4.90 Å². The lowest BCUT2D eigenvalue weighted by Gasteiger charge is -2.39. The molecule has 120 valence electrons. The molecule has 0 radical (unpaired) electrons. The van der Waals surface area contributed by atoms with Crippen LogP contribution in [0, 0.1) is 11.3 Å². The van der Waals surface area contributed by atoms with Gasteiger partial charge in [0, 0.05) is 37.1 Å². The normalized spacial score (nSPS) is 31.1. The number of benzene rings is 1. The van der Waals surface area contributed by atoms with E-state index in [0.717, 1.165) is 38.3 Å². The van der Waals surface area contributed by atoms with Crippen molar-refractivity contribution in [1.29, 1.82) is 0 Å². The highest BCUT2D eigenvalue weighted by atomic mass is 16.5. The maximum Gasteiger partial charge on any atom is 0.0554 e. The van der Waals surface area contributed by atoms with E-state index in [-0.39, 0.29) is 0 Å². The maximum atomic E-state index is 5.37. The van der Waals surface area contributed by atoms with Crippen LogP contribution in [0.1, 0.15) is 31.7 Å². The number of rotatable bonds is 6. The summed E-state index contributed by atoms with van der Waals surface area (Å²) in [6.07, 6.45) is 4.21. The second kappa shape index (κ2) is 5.95. The Hall–Kier alpha value is -0.900. The third-order valence-electron chi connectivity index (χ3n) is 5.56. The second-order valence-corrected chi connectivity index (χ2v) is 7.94. The average molecular weight is 300 g/mol. The van der Waals surface area contributed by atoms with Crippen molar-refractivity contribution in [2.75, 3.05) is 26.3 Å². The topological polar surface area (TPSA) is 24.5 Å². The van der Waals surface area contributed by atoms with E-state index in [1.807, 2.05) is 0 Å². The van der Waals surface area contributed by atoms with E-state index in [0.29, 0.717) is 11.5 Å². The van der Waals surface area contributed by atoms with Gasteiger partial charge >= 0.3 is 0 Å². The predicted octanol–water partition coefficient (Wildman–Crippen LogP) is 2.67. The molecule has 0 bridgehead atoms. The van der Waals surface area contributed by atoms with E-state index >= 15 is 0 Å². The van der Waals surface area contributed by atoms with E-state index in [1.165, 1.54) is 31.4 Å². The first-order chi connectivity index (χ1) is 10.7. The molecule has 3 aliphatic rings. The van der Waals surface area contributed by atoms with Gasteiger partial charge in [0.15, 0.2) is 0 Å². The lowest BCUT2D eigenvalue weighted by molar-refractivity contribution is -0.0999. The minimum Gasteiger partial charge on any atom is -0.380 e. The number of nitrogens with one attached hydrogen (secondary N) is 1. The van der Waals surface area contributed by atoms with Crippen LogP contribution in [0.25, 0.3) is 0 Å². The third-order valence-corrected chi connectivity index (χ3v) is 5.56. The first kappa shape index (κ1) is 14.7. The van der Waals surface area contributed by atoms with E-state index in [1.54, 1.807) is 0 Å². The molecule has 1 N–H and O–H groups in total. The van der Waals surface area contributed by atoms with Gasteiger partial charge in [-0.25, -0.2) is 0 Å². The van der Waals surface area contributed by atoms with Crippen molar-refractivity contribution in [2.24, 2.45) is 11.3 Å². The highest BCUT2D eigenvalue weighted by molar-refractivity contribution is 5.15. The van der Waals surface area contributed by atoms with Crippen molar-refractivity contribution in [2.45, 2.75) is 44.8 Å². The summed E-state index contributed by atoms with van der Waals surface area (Å²) in [5, 5.41) is 3.83. The highest BCUT2D eigenvalue weighted by Crippen LogP contribution is 2.40. The third kappa shape index (κ3) is 3.22.